The first kappa shape index (κ1) is 14.5. The molecule has 1 aromatic heterocycles. The number of rotatable bonds is 3. The van der Waals surface area contributed by atoms with Gasteiger partial charge in [-0.25, -0.2) is 0 Å². The molecule has 3 rings (SSSR count). The van der Waals surface area contributed by atoms with Crippen molar-refractivity contribution in [2.75, 3.05) is 26.2 Å². The van der Waals surface area contributed by atoms with Crippen LogP contribution in [0.1, 0.15) is 23.7 Å². The van der Waals surface area contributed by atoms with Gasteiger partial charge in [0.2, 0.25) is 0 Å². The number of hydrogen-bond acceptors (Lipinski definition) is 3. The summed E-state index contributed by atoms with van der Waals surface area (Å²) in [5, 5.41) is 4.27. The molecule has 1 atom stereocenters. The third kappa shape index (κ3) is 3.43. The third-order valence-electron chi connectivity index (χ3n) is 3.91. The fourth-order valence-electron chi connectivity index (χ4n) is 2.90. The monoisotopic (exact) mass is 301 g/mol. The summed E-state index contributed by atoms with van der Waals surface area (Å²) in [6.45, 7) is 4.15. The van der Waals surface area contributed by atoms with Crippen LogP contribution in [-0.4, -0.2) is 36.1 Å². The SMILES string of the molecule is Clc1ccccc1C(c1ccccn1)N1CCCNCC1. The average molecular weight is 302 g/mol. The first-order valence-electron chi connectivity index (χ1n) is 7.46. The Morgan fingerprint density at radius 2 is 1.90 bits per heavy atom. The minimum absolute atomic E-state index is 0.125. The topological polar surface area (TPSA) is 28.2 Å². The Morgan fingerprint density at radius 3 is 2.71 bits per heavy atom. The summed E-state index contributed by atoms with van der Waals surface area (Å²) < 4.78 is 0. The second-order valence-electron chi connectivity index (χ2n) is 5.32. The molecule has 1 saturated heterocycles. The van der Waals surface area contributed by atoms with Crippen molar-refractivity contribution in [3.8, 4) is 0 Å². The van der Waals surface area contributed by atoms with Crippen LogP contribution in [-0.2, 0) is 0 Å². The molecule has 0 aliphatic carbocycles. The smallest absolute Gasteiger partial charge is 0.0791 e. The van der Waals surface area contributed by atoms with Crippen molar-refractivity contribution in [3.05, 3.63) is 64.9 Å². The Kier molecular flexibility index (Phi) is 4.86. The molecule has 2 aromatic rings. The van der Waals surface area contributed by atoms with Gasteiger partial charge in [0.15, 0.2) is 0 Å². The van der Waals surface area contributed by atoms with Crippen molar-refractivity contribution < 1.29 is 0 Å². The van der Waals surface area contributed by atoms with E-state index in [1.165, 1.54) is 0 Å². The normalized spacial score (nSPS) is 18.1. The number of aromatic nitrogens is 1. The fraction of sp³-hybridized carbons (Fsp3) is 0.353. The summed E-state index contributed by atoms with van der Waals surface area (Å²) in [4.78, 5) is 7.06. The minimum atomic E-state index is 0.125. The van der Waals surface area contributed by atoms with E-state index in [2.05, 4.69) is 27.3 Å². The van der Waals surface area contributed by atoms with Crippen LogP contribution in [0.5, 0.6) is 0 Å². The summed E-state index contributed by atoms with van der Waals surface area (Å²) in [7, 11) is 0. The zero-order chi connectivity index (χ0) is 14.5. The molecular weight excluding hydrogens is 282 g/mol. The Labute approximate surface area is 131 Å². The van der Waals surface area contributed by atoms with E-state index in [1.807, 2.05) is 36.5 Å². The molecule has 110 valence electrons. The summed E-state index contributed by atoms with van der Waals surface area (Å²) in [6, 6.07) is 14.3. The Hall–Kier alpha value is -1.42. The minimum Gasteiger partial charge on any atom is -0.315 e. The lowest BCUT2D eigenvalue weighted by molar-refractivity contribution is 0.237. The van der Waals surface area contributed by atoms with E-state index in [4.69, 9.17) is 11.6 Å². The summed E-state index contributed by atoms with van der Waals surface area (Å²) in [6.07, 6.45) is 3.00. The van der Waals surface area contributed by atoms with Crippen molar-refractivity contribution in [2.24, 2.45) is 0 Å². The van der Waals surface area contributed by atoms with E-state index < -0.39 is 0 Å². The highest BCUT2D eigenvalue weighted by Gasteiger charge is 2.25. The molecular formula is C17H20ClN3. The first-order chi connectivity index (χ1) is 10.4. The maximum absolute atomic E-state index is 6.46. The Morgan fingerprint density at radius 1 is 1.05 bits per heavy atom. The number of hydrogen-bond donors (Lipinski definition) is 1. The van der Waals surface area contributed by atoms with Gasteiger partial charge in [0.1, 0.15) is 0 Å². The lowest BCUT2D eigenvalue weighted by Gasteiger charge is -2.31. The van der Waals surface area contributed by atoms with E-state index in [1.54, 1.807) is 0 Å². The van der Waals surface area contributed by atoms with Crippen molar-refractivity contribution in [1.82, 2.24) is 15.2 Å². The molecule has 0 bridgehead atoms. The summed E-state index contributed by atoms with van der Waals surface area (Å²) in [5.74, 6) is 0. The van der Waals surface area contributed by atoms with Gasteiger partial charge in [-0.05, 0) is 36.7 Å². The third-order valence-corrected chi connectivity index (χ3v) is 4.25. The van der Waals surface area contributed by atoms with Crippen LogP contribution >= 0.6 is 11.6 Å². The first-order valence-corrected chi connectivity index (χ1v) is 7.84. The van der Waals surface area contributed by atoms with Crippen molar-refractivity contribution in [1.29, 1.82) is 0 Å². The Bertz CT molecular complexity index is 565. The maximum Gasteiger partial charge on any atom is 0.0791 e. The molecule has 1 fully saturated rings. The van der Waals surface area contributed by atoms with Gasteiger partial charge in [-0.3, -0.25) is 9.88 Å². The van der Waals surface area contributed by atoms with Crippen molar-refractivity contribution >= 4 is 11.6 Å². The molecule has 0 amide bonds. The second kappa shape index (κ2) is 7.03. The van der Waals surface area contributed by atoms with Gasteiger partial charge < -0.3 is 5.32 Å². The van der Waals surface area contributed by atoms with Gasteiger partial charge in [-0.1, -0.05) is 35.9 Å². The van der Waals surface area contributed by atoms with Crippen molar-refractivity contribution in [2.45, 2.75) is 12.5 Å². The fourth-order valence-corrected chi connectivity index (χ4v) is 3.14. The van der Waals surface area contributed by atoms with E-state index >= 15 is 0 Å². The molecule has 1 aromatic carbocycles. The lowest BCUT2D eigenvalue weighted by atomic mass is 10.0. The molecule has 3 nitrogen and oxygen atoms in total. The van der Waals surface area contributed by atoms with E-state index in [9.17, 15) is 0 Å². The molecule has 0 radical (unpaired) electrons. The highest BCUT2D eigenvalue weighted by Crippen LogP contribution is 2.32. The van der Waals surface area contributed by atoms with Crippen molar-refractivity contribution in [3.63, 3.8) is 0 Å². The number of nitrogens with one attached hydrogen (secondary N) is 1. The molecule has 2 heterocycles. The van der Waals surface area contributed by atoms with Crippen LogP contribution in [0, 0.1) is 0 Å². The van der Waals surface area contributed by atoms with E-state index in [0.717, 1.165) is 48.9 Å². The molecule has 1 N–H and O–H groups in total. The zero-order valence-corrected chi connectivity index (χ0v) is 12.8. The number of halogens is 1. The average Bonchev–Trinajstić information content (AvgIpc) is 2.80. The highest BCUT2D eigenvalue weighted by molar-refractivity contribution is 6.31. The standard InChI is InChI=1S/C17H20ClN3/c18-15-7-2-1-6-14(15)17(16-8-3-4-10-20-16)21-12-5-9-19-11-13-21/h1-4,6-8,10,17,19H,5,9,11-13H2. The van der Waals surface area contributed by atoms with Crippen LogP contribution < -0.4 is 5.32 Å². The number of nitrogens with zero attached hydrogens (tertiary/aromatic N) is 2. The van der Waals surface area contributed by atoms with Gasteiger partial charge >= 0.3 is 0 Å². The van der Waals surface area contributed by atoms with Crippen LogP contribution in [0.15, 0.2) is 48.7 Å². The summed E-state index contributed by atoms with van der Waals surface area (Å²) in [5.41, 5.74) is 2.20. The van der Waals surface area contributed by atoms with Gasteiger partial charge in [0.25, 0.3) is 0 Å². The van der Waals surface area contributed by atoms with Gasteiger partial charge in [-0.2, -0.15) is 0 Å². The molecule has 0 saturated carbocycles. The maximum atomic E-state index is 6.46. The Balaban J connectivity index is 2.00. The van der Waals surface area contributed by atoms with Crippen LogP contribution in [0.25, 0.3) is 0 Å². The predicted octanol–water partition coefficient (Wildman–Crippen LogP) is 3.12. The zero-order valence-electron chi connectivity index (χ0n) is 12.0. The lowest BCUT2D eigenvalue weighted by Crippen LogP contribution is -2.33. The largest absolute Gasteiger partial charge is 0.315 e. The second-order valence-corrected chi connectivity index (χ2v) is 5.73. The molecule has 1 aliphatic rings. The molecule has 1 aliphatic heterocycles. The number of benzene rings is 1. The molecule has 4 heteroatoms. The van der Waals surface area contributed by atoms with Gasteiger partial charge in [0.05, 0.1) is 11.7 Å². The van der Waals surface area contributed by atoms with E-state index in [0.29, 0.717) is 0 Å². The molecule has 1 unspecified atom stereocenters. The van der Waals surface area contributed by atoms with Crippen LogP contribution in [0.4, 0.5) is 0 Å². The van der Waals surface area contributed by atoms with Gasteiger partial charge in [-0.15, -0.1) is 0 Å². The highest BCUT2D eigenvalue weighted by atomic mass is 35.5. The van der Waals surface area contributed by atoms with Crippen LogP contribution in [0.3, 0.4) is 0 Å². The molecule has 0 spiro atoms. The quantitative estimate of drug-likeness (QED) is 0.944. The van der Waals surface area contributed by atoms with Gasteiger partial charge in [0, 0.05) is 30.9 Å². The summed E-state index contributed by atoms with van der Waals surface area (Å²) >= 11 is 6.46. The number of pyridine rings is 1. The van der Waals surface area contributed by atoms with Crippen LogP contribution in [0.2, 0.25) is 5.02 Å². The predicted molar refractivity (Wildman–Crippen MR) is 86.6 cm³/mol. The molecule has 21 heavy (non-hydrogen) atoms. The van der Waals surface area contributed by atoms with E-state index in [-0.39, 0.29) is 6.04 Å².